The molecule has 4 rings (SSSR count). The number of nitrogens with zero attached hydrogens (tertiary/aromatic N) is 4. The Morgan fingerprint density at radius 3 is 2.37 bits per heavy atom. The fraction of sp³-hybridized carbons (Fsp3) is 0.360. The second kappa shape index (κ2) is 10.1. The van der Waals surface area contributed by atoms with E-state index >= 15 is 0 Å². The Morgan fingerprint density at radius 2 is 1.74 bits per heavy atom. The van der Waals surface area contributed by atoms with E-state index in [-0.39, 0.29) is 18.4 Å². The summed E-state index contributed by atoms with van der Waals surface area (Å²) in [6.07, 6.45) is -0.395. The van der Waals surface area contributed by atoms with Crippen LogP contribution < -0.4 is 5.32 Å². The molecule has 0 bridgehead atoms. The average Bonchev–Trinajstić information content (AvgIpc) is 3.21. The van der Waals surface area contributed by atoms with Crippen LogP contribution in [0.5, 0.6) is 0 Å². The lowest BCUT2D eigenvalue weighted by Crippen LogP contribution is -2.50. The normalized spacial score (nSPS) is 13.7. The third-order valence-electron chi connectivity index (χ3n) is 5.92. The average molecular weight is 482 g/mol. The minimum atomic E-state index is -0.414. The van der Waals surface area contributed by atoms with E-state index in [0.717, 1.165) is 0 Å². The first-order valence-electron chi connectivity index (χ1n) is 11.6. The van der Waals surface area contributed by atoms with Crippen LogP contribution in [0, 0.1) is 5.82 Å². The summed E-state index contributed by atoms with van der Waals surface area (Å²) in [6.45, 7) is 7.16. The Hall–Kier alpha value is -3.95. The molecule has 1 aliphatic heterocycles. The Kier molecular flexibility index (Phi) is 6.99. The van der Waals surface area contributed by atoms with Gasteiger partial charge in [-0.15, -0.1) is 0 Å². The minimum Gasteiger partial charge on any atom is -0.450 e. The van der Waals surface area contributed by atoms with Crippen molar-refractivity contribution in [3.8, 4) is 11.4 Å². The predicted octanol–water partition coefficient (Wildman–Crippen LogP) is 3.74. The monoisotopic (exact) mass is 481 g/mol. The summed E-state index contributed by atoms with van der Waals surface area (Å²) in [5.41, 5.74) is 2.16. The van der Waals surface area contributed by atoms with E-state index in [4.69, 9.17) is 4.74 Å². The smallest absolute Gasteiger partial charge is 0.409 e. The minimum absolute atomic E-state index is 0.250. The quantitative estimate of drug-likeness (QED) is 0.599. The van der Waals surface area contributed by atoms with Crippen molar-refractivity contribution < 1.29 is 23.5 Å². The van der Waals surface area contributed by atoms with Crippen LogP contribution in [0.25, 0.3) is 22.4 Å². The summed E-state index contributed by atoms with van der Waals surface area (Å²) in [6, 6.07) is 9.67. The summed E-state index contributed by atoms with van der Waals surface area (Å²) in [5.74, 6) is -0.542. The van der Waals surface area contributed by atoms with Crippen molar-refractivity contribution in [2.45, 2.75) is 27.3 Å². The van der Waals surface area contributed by atoms with Crippen molar-refractivity contribution in [3.63, 3.8) is 0 Å². The fourth-order valence-electron chi connectivity index (χ4n) is 4.34. The highest BCUT2D eigenvalue weighted by atomic mass is 19.1. The Morgan fingerprint density at radius 1 is 1.06 bits per heavy atom. The maximum atomic E-state index is 14.7. The molecule has 1 saturated heterocycles. The SMILES string of the molecule is CCOC(=O)N1CCN(C(=O)c2cc(NC(C)=O)cc3nc(-c4ccccc4F)n(CC)c23)CC1. The first kappa shape index (κ1) is 24.2. The number of ether oxygens (including phenoxy) is 1. The maximum absolute atomic E-state index is 14.7. The molecular weight excluding hydrogens is 453 g/mol. The van der Waals surface area contributed by atoms with E-state index in [1.807, 2.05) is 11.5 Å². The molecular formula is C25H28FN5O4. The number of aromatic nitrogens is 2. The van der Waals surface area contributed by atoms with Crippen LogP contribution in [-0.4, -0.2) is 70.0 Å². The molecule has 0 spiro atoms. The lowest BCUT2D eigenvalue weighted by molar-refractivity contribution is -0.114. The summed E-state index contributed by atoms with van der Waals surface area (Å²) in [5, 5.41) is 2.73. The highest BCUT2D eigenvalue weighted by Crippen LogP contribution is 2.32. The number of fused-ring (bicyclic) bond motifs is 1. The van der Waals surface area contributed by atoms with Crippen LogP contribution >= 0.6 is 0 Å². The predicted molar refractivity (Wildman–Crippen MR) is 130 cm³/mol. The van der Waals surface area contributed by atoms with E-state index in [0.29, 0.717) is 66.4 Å². The van der Waals surface area contributed by atoms with Crippen molar-refractivity contribution >= 4 is 34.6 Å². The van der Waals surface area contributed by atoms with Crippen LogP contribution in [0.15, 0.2) is 36.4 Å². The fourth-order valence-corrected chi connectivity index (χ4v) is 4.34. The molecule has 3 amide bonds. The van der Waals surface area contributed by atoms with Crippen molar-refractivity contribution in [3.05, 3.63) is 47.8 Å². The standard InChI is InChI=1S/C25H28FN5O4/c1-4-31-22-19(24(33)29-10-12-30(13-11-29)25(34)35-5-2)14-17(27-16(3)32)15-21(22)28-23(31)18-8-6-7-9-20(18)26/h6-9,14-15H,4-5,10-13H2,1-3H3,(H,27,32). The van der Waals surface area contributed by atoms with Gasteiger partial charge in [0.2, 0.25) is 5.91 Å². The molecule has 9 nitrogen and oxygen atoms in total. The topological polar surface area (TPSA) is 96.8 Å². The van der Waals surface area contributed by atoms with Crippen LogP contribution in [0.1, 0.15) is 31.1 Å². The molecule has 1 fully saturated rings. The van der Waals surface area contributed by atoms with Gasteiger partial charge >= 0.3 is 6.09 Å². The van der Waals surface area contributed by atoms with Crippen LogP contribution in [-0.2, 0) is 16.1 Å². The van der Waals surface area contributed by atoms with Gasteiger partial charge in [-0.05, 0) is 38.1 Å². The van der Waals surface area contributed by atoms with E-state index < -0.39 is 11.9 Å². The molecule has 184 valence electrons. The third-order valence-corrected chi connectivity index (χ3v) is 5.92. The van der Waals surface area contributed by atoms with Gasteiger partial charge in [0.15, 0.2) is 0 Å². The molecule has 0 aliphatic carbocycles. The van der Waals surface area contributed by atoms with Crippen molar-refractivity contribution in [2.75, 3.05) is 38.1 Å². The summed E-state index contributed by atoms with van der Waals surface area (Å²) in [7, 11) is 0. The largest absolute Gasteiger partial charge is 0.450 e. The molecule has 0 atom stereocenters. The lowest BCUT2D eigenvalue weighted by Gasteiger charge is -2.34. The maximum Gasteiger partial charge on any atom is 0.409 e. The zero-order chi connectivity index (χ0) is 25.1. The van der Waals surface area contributed by atoms with Gasteiger partial charge in [-0.25, -0.2) is 14.2 Å². The number of imidazole rings is 1. The number of aryl methyl sites for hydroxylation is 1. The van der Waals surface area contributed by atoms with E-state index in [1.54, 1.807) is 47.1 Å². The number of rotatable bonds is 5. The summed E-state index contributed by atoms with van der Waals surface area (Å²) in [4.78, 5) is 45.4. The molecule has 2 heterocycles. The molecule has 3 aromatic rings. The zero-order valence-electron chi connectivity index (χ0n) is 20.0. The van der Waals surface area contributed by atoms with Gasteiger partial charge in [-0.2, -0.15) is 0 Å². The van der Waals surface area contributed by atoms with E-state index in [1.165, 1.54) is 13.0 Å². The molecule has 1 aliphatic rings. The molecule has 10 heteroatoms. The molecule has 1 N–H and O–H groups in total. The Labute approximate surface area is 202 Å². The van der Waals surface area contributed by atoms with Gasteiger partial charge < -0.3 is 24.4 Å². The van der Waals surface area contributed by atoms with Crippen molar-refractivity contribution in [1.29, 1.82) is 0 Å². The molecule has 35 heavy (non-hydrogen) atoms. The van der Waals surface area contributed by atoms with Gasteiger partial charge in [-0.1, -0.05) is 12.1 Å². The number of piperazine rings is 1. The Balaban J connectivity index is 1.77. The molecule has 0 unspecified atom stereocenters. The number of carbonyl (C=O) groups excluding carboxylic acids is 3. The van der Waals surface area contributed by atoms with Crippen molar-refractivity contribution in [1.82, 2.24) is 19.4 Å². The second-order valence-electron chi connectivity index (χ2n) is 8.21. The number of anilines is 1. The van der Waals surface area contributed by atoms with Crippen LogP contribution in [0.4, 0.5) is 14.9 Å². The van der Waals surface area contributed by atoms with Gasteiger partial charge in [0.05, 0.1) is 28.8 Å². The van der Waals surface area contributed by atoms with Gasteiger partial charge in [-0.3, -0.25) is 9.59 Å². The van der Waals surface area contributed by atoms with Gasteiger partial charge in [0.1, 0.15) is 11.6 Å². The molecule has 2 aromatic carbocycles. The number of nitrogens with one attached hydrogen (secondary N) is 1. The third kappa shape index (κ3) is 4.82. The highest BCUT2D eigenvalue weighted by molar-refractivity contribution is 6.08. The molecule has 0 saturated carbocycles. The van der Waals surface area contributed by atoms with Crippen LogP contribution in [0.2, 0.25) is 0 Å². The Bertz CT molecular complexity index is 1280. The van der Waals surface area contributed by atoms with E-state index in [9.17, 15) is 18.8 Å². The summed E-state index contributed by atoms with van der Waals surface area (Å²) >= 11 is 0. The van der Waals surface area contributed by atoms with Crippen molar-refractivity contribution in [2.24, 2.45) is 0 Å². The number of halogens is 1. The second-order valence-corrected chi connectivity index (χ2v) is 8.21. The number of benzene rings is 2. The summed E-state index contributed by atoms with van der Waals surface area (Å²) < 4.78 is 21.5. The van der Waals surface area contributed by atoms with Crippen LogP contribution in [0.3, 0.4) is 0 Å². The lowest BCUT2D eigenvalue weighted by atomic mass is 10.1. The first-order chi connectivity index (χ1) is 16.8. The molecule has 1 aromatic heterocycles. The van der Waals surface area contributed by atoms with Gasteiger partial charge in [0.25, 0.3) is 5.91 Å². The highest BCUT2D eigenvalue weighted by Gasteiger charge is 2.29. The van der Waals surface area contributed by atoms with Gasteiger partial charge in [0, 0.05) is 45.3 Å². The zero-order valence-corrected chi connectivity index (χ0v) is 20.0. The number of hydrogen-bond donors (Lipinski definition) is 1. The number of carbonyl (C=O) groups is 3. The first-order valence-corrected chi connectivity index (χ1v) is 11.6. The molecule has 0 radical (unpaired) electrons. The van der Waals surface area contributed by atoms with E-state index in [2.05, 4.69) is 10.3 Å². The number of hydrogen-bond acceptors (Lipinski definition) is 5. The number of amides is 3.